The fourth-order valence-corrected chi connectivity index (χ4v) is 2.01. The molecule has 0 unspecified atom stereocenters. The van der Waals surface area contributed by atoms with Crippen molar-refractivity contribution in [1.29, 1.82) is 0 Å². The van der Waals surface area contributed by atoms with E-state index >= 15 is 0 Å². The summed E-state index contributed by atoms with van der Waals surface area (Å²) in [6.07, 6.45) is 3.14. The Kier molecular flexibility index (Phi) is 6.14. The van der Waals surface area contributed by atoms with Crippen molar-refractivity contribution in [3.05, 3.63) is 65.7 Å². The number of amides is 1. The van der Waals surface area contributed by atoms with Crippen LogP contribution >= 0.6 is 0 Å². The Morgan fingerprint density at radius 3 is 2.54 bits per heavy atom. The molecule has 2 aromatic rings. The van der Waals surface area contributed by atoms with Gasteiger partial charge in [0.15, 0.2) is 0 Å². The molecule has 124 valence electrons. The Balaban J connectivity index is 1.96. The summed E-state index contributed by atoms with van der Waals surface area (Å²) in [6, 6.07) is 13.9. The van der Waals surface area contributed by atoms with E-state index in [0.717, 1.165) is 11.3 Å². The van der Waals surface area contributed by atoms with E-state index in [-0.39, 0.29) is 11.9 Å². The molecular weight excluding hydrogens is 306 g/mol. The van der Waals surface area contributed by atoms with Crippen LogP contribution in [-0.4, -0.2) is 25.6 Å². The van der Waals surface area contributed by atoms with Gasteiger partial charge < -0.3 is 14.8 Å². The lowest BCUT2D eigenvalue weighted by Gasteiger charge is -2.05. The van der Waals surface area contributed by atoms with E-state index in [0.29, 0.717) is 17.9 Å². The molecule has 0 radical (unpaired) electrons. The number of ether oxygens (including phenoxy) is 2. The van der Waals surface area contributed by atoms with Gasteiger partial charge in [-0.3, -0.25) is 4.79 Å². The predicted molar refractivity (Wildman–Crippen MR) is 93.1 cm³/mol. The highest BCUT2D eigenvalue weighted by Gasteiger charge is 2.06. The summed E-state index contributed by atoms with van der Waals surface area (Å²) >= 11 is 0. The average Bonchev–Trinajstić information content (AvgIpc) is 2.61. The standard InChI is InChI=1S/C19H19NO4/c1-3-24-19(22)15-8-10-16(11-9-15)20-18(21)12-7-14-5-4-6-17(13-14)23-2/h4-13H,3H2,1-2H3,(H,20,21)/b12-7+. The third-order valence-corrected chi connectivity index (χ3v) is 3.18. The third kappa shape index (κ3) is 4.98. The zero-order valence-electron chi connectivity index (χ0n) is 13.6. The molecule has 1 amide bonds. The maximum atomic E-state index is 11.9. The van der Waals surface area contributed by atoms with E-state index in [1.807, 2.05) is 24.3 Å². The molecule has 5 heteroatoms. The monoisotopic (exact) mass is 325 g/mol. The van der Waals surface area contributed by atoms with Crippen LogP contribution in [0.5, 0.6) is 5.75 Å². The molecule has 0 saturated carbocycles. The number of carbonyl (C=O) groups excluding carboxylic acids is 2. The number of hydrogen-bond donors (Lipinski definition) is 1. The van der Waals surface area contributed by atoms with Gasteiger partial charge in [-0.25, -0.2) is 4.79 Å². The number of rotatable bonds is 6. The second kappa shape index (κ2) is 8.53. The van der Waals surface area contributed by atoms with Crippen molar-refractivity contribution in [2.45, 2.75) is 6.92 Å². The normalized spacial score (nSPS) is 10.4. The molecule has 0 bridgehead atoms. The molecule has 2 aromatic carbocycles. The van der Waals surface area contributed by atoms with Gasteiger partial charge in [0.1, 0.15) is 5.75 Å². The first-order chi connectivity index (χ1) is 11.6. The second-order valence-corrected chi connectivity index (χ2v) is 4.90. The van der Waals surface area contributed by atoms with Gasteiger partial charge in [-0.2, -0.15) is 0 Å². The van der Waals surface area contributed by atoms with E-state index in [1.54, 1.807) is 44.4 Å². The van der Waals surface area contributed by atoms with Crippen LogP contribution in [0.25, 0.3) is 6.08 Å². The molecule has 0 aliphatic carbocycles. The van der Waals surface area contributed by atoms with Crippen LogP contribution in [0.4, 0.5) is 5.69 Å². The highest BCUT2D eigenvalue weighted by atomic mass is 16.5. The summed E-state index contributed by atoms with van der Waals surface area (Å²) in [4.78, 5) is 23.5. The molecule has 24 heavy (non-hydrogen) atoms. The Morgan fingerprint density at radius 2 is 1.88 bits per heavy atom. The summed E-state index contributed by atoms with van der Waals surface area (Å²) in [5.41, 5.74) is 1.91. The number of benzene rings is 2. The number of hydrogen-bond acceptors (Lipinski definition) is 4. The van der Waals surface area contributed by atoms with Gasteiger partial charge >= 0.3 is 5.97 Å². The predicted octanol–water partition coefficient (Wildman–Crippen LogP) is 3.52. The van der Waals surface area contributed by atoms with Crippen molar-refractivity contribution in [3.63, 3.8) is 0 Å². The molecule has 5 nitrogen and oxygen atoms in total. The Bertz CT molecular complexity index is 735. The fraction of sp³-hybridized carbons (Fsp3) is 0.158. The van der Waals surface area contributed by atoms with Crippen LogP contribution in [0.3, 0.4) is 0 Å². The molecule has 1 N–H and O–H groups in total. The van der Waals surface area contributed by atoms with Gasteiger partial charge in [0.05, 0.1) is 19.3 Å². The van der Waals surface area contributed by atoms with Crippen LogP contribution < -0.4 is 10.1 Å². The lowest BCUT2D eigenvalue weighted by Crippen LogP contribution is -2.08. The van der Waals surface area contributed by atoms with Crippen molar-refractivity contribution < 1.29 is 19.1 Å². The van der Waals surface area contributed by atoms with E-state index in [1.165, 1.54) is 6.08 Å². The number of nitrogens with one attached hydrogen (secondary N) is 1. The molecule has 0 heterocycles. The first-order valence-corrected chi connectivity index (χ1v) is 7.52. The minimum atomic E-state index is -0.381. The number of anilines is 1. The summed E-state index contributed by atoms with van der Waals surface area (Å²) in [5.74, 6) is 0.0853. The van der Waals surface area contributed by atoms with E-state index in [9.17, 15) is 9.59 Å². The van der Waals surface area contributed by atoms with Crippen LogP contribution in [0.1, 0.15) is 22.8 Å². The molecule has 0 saturated heterocycles. The lowest BCUT2D eigenvalue weighted by atomic mass is 10.2. The van der Waals surface area contributed by atoms with Crippen LogP contribution in [0.15, 0.2) is 54.6 Å². The smallest absolute Gasteiger partial charge is 0.338 e. The zero-order valence-corrected chi connectivity index (χ0v) is 13.6. The first-order valence-electron chi connectivity index (χ1n) is 7.52. The first kappa shape index (κ1) is 17.3. The summed E-state index contributed by atoms with van der Waals surface area (Å²) in [5, 5.41) is 2.73. The van der Waals surface area contributed by atoms with Gasteiger partial charge in [-0.15, -0.1) is 0 Å². The second-order valence-electron chi connectivity index (χ2n) is 4.90. The lowest BCUT2D eigenvalue weighted by molar-refractivity contribution is -0.111. The van der Waals surface area contributed by atoms with Gasteiger partial charge in [-0.1, -0.05) is 12.1 Å². The maximum Gasteiger partial charge on any atom is 0.338 e. The minimum absolute atomic E-state index is 0.262. The molecule has 0 spiro atoms. The Morgan fingerprint density at radius 1 is 1.12 bits per heavy atom. The molecule has 2 rings (SSSR count). The van der Waals surface area contributed by atoms with Crippen molar-refractivity contribution in [2.24, 2.45) is 0 Å². The van der Waals surface area contributed by atoms with Crippen molar-refractivity contribution >= 4 is 23.6 Å². The molecule has 0 atom stereocenters. The van der Waals surface area contributed by atoms with Gasteiger partial charge in [0.25, 0.3) is 0 Å². The molecule has 0 aliphatic rings. The van der Waals surface area contributed by atoms with E-state index < -0.39 is 0 Å². The van der Waals surface area contributed by atoms with Gasteiger partial charge in [0.2, 0.25) is 5.91 Å². The highest BCUT2D eigenvalue weighted by Crippen LogP contribution is 2.14. The molecule has 0 aliphatic heterocycles. The summed E-state index contributed by atoms with van der Waals surface area (Å²) < 4.78 is 10.0. The minimum Gasteiger partial charge on any atom is -0.497 e. The maximum absolute atomic E-state index is 11.9. The van der Waals surface area contributed by atoms with Crippen molar-refractivity contribution in [3.8, 4) is 5.75 Å². The zero-order chi connectivity index (χ0) is 17.4. The van der Waals surface area contributed by atoms with Crippen LogP contribution in [0.2, 0.25) is 0 Å². The molecule has 0 aromatic heterocycles. The number of carbonyl (C=O) groups is 2. The van der Waals surface area contributed by atoms with Crippen LogP contribution in [-0.2, 0) is 9.53 Å². The van der Waals surface area contributed by atoms with Crippen LogP contribution in [0, 0.1) is 0 Å². The Labute approximate surface area is 140 Å². The number of esters is 1. The highest BCUT2D eigenvalue weighted by molar-refractivity contribution is 6.02. The average molecular weight is 325 g/mol. The van der Waals surface area contributed by atoms with E-state index in [4.69, 9.17) is 9.47 Å². The Hall–Kier alpha value is -3.08. The summed E-state index contributed by atoms with van der Waals surface area (Å²) in [7, 11) is 1.59. The quantitative estimate of drug-likeness (QED) is 0.652. The topological polar surface area (TPSA) is 64.6 Å². The SMILES string of the molecule is CCOC(=O)c1ccc(NC(=O)/C=C/c2cccc(OC)c2)cc1. The number of methoxy groups -OCH3 is 1. The summed E-state index contributed by atoms with van der Waals surface area (Å²) in [6.45, 7) is 2.08. The largest absolute Gasteiger partial charge is 0.497 e. The van der Waals surface area contributed by atoms with Gasteiger partial charge in [0, 0.05) is 11.8 Å². The third-order valence-electron chi connectivity index (χ3n) is 3.18. The van der Waals surface area contributed by atoms with Gasteiger partial charge in [-0.05, 0) is 55.0 Å². The fourth-order valence-electron chi connectivity index (χ4n) is 2.01. The van der Waals surface area contributed by atoms with E-state index in [2.05, 4.69) is 5.32 Å². The molecular formula is C19H19NO4. The molecule has 0 fully saturated rings. The van der Waals surface area contributed by atoms with Crippen molar-refractivity contribution in [1.82, 2.24) is 0 Å². The van der Waals surface area contributed by atoms with Crippen molar-refractivity contribution in [2.75, 3.05) is 19.0 Å².